The molecule has 1 aromatic heterocycles. The van der Waals surface area contributed by atoms with Gasteiger partial charge in [0.05, 0.1) is 6.54 Å². The third-order valence-corrected chi connectivity index (χ3v) is 4.24. The van der Waals surface area contributed by atoms with Gasteiger partial charge >= 0.3 is 0 Å². The second-order valence-electron chi connectivity index (χ2n) is 3.56. The van der Waals surface area contributed by atoms with Crippen LogP contribution in [0.2, 0.25) is 0 Å². The SMILES string of the molecule is CC(N)C(C)C(=O)NCc1sccc1Br.Cl. The van der Waals surface area contributed by atoms with Gasteiger partial charge in [-0.1, -0.05) is 6.92 Å². The van der Waals surface area contributed by atoms with E-state index >= 15 is 0 Å². The van der Waals surface area contributed by atoms with Gasteiger partial charge in [0.25, 0.3) is 0 Å². The molecule has 1 rings (SSSR count). The highest BCUT2D eigenvalue weighted by molar-refractivity contribution is 9.10. The molecular weight excluding hydrogens is 312 g/mol. The van der Waals surface area contributed by atoms with Crippen molar-refractivity contribution in [3.63, 3.8) is 0 Å². The Bertz CT molecular complexity index is 343. The van der Waals surface area contributed by atoms with Gasteiger partial charge in [0.2, 0.25) is 5.91 Å². The van der Waals surface area contributed by atoms with Gasteiger partial charge in [-0.2, -0.15) is 0 Å². The molecule has 1 heterocycles. The smallest absolute Gasteiger partial charge is 0.224 e. The fraction of sp³-hybridized carbons (Fsp3) is 0.500. The molecule has 16 heavy (non-hydrogen) atoms. The third kappa shape index (κ3) is 4.41. The van der Waals surface area contributed by atoms with Crippen LogP contribution in [-0.4, -0.2) is 11.9 Å². The zero-order chi connectivity index (χ0) is 11.4. The quantitative estimate of drug-likeness (QED) is 0.893. The van der Waals surface area contributed by atoms with Crippen LogP contribution in [0.1, 0.15) is 18.7 Å². The van der Waals surface area contributed by atoms with Crippen LogP contribution >= 0.6 is 39.7 Å². The minimum Gasteiger partial charge on any atom is -0.351 e. The Hall–Kier alpha value is -0.100. The lowest BCUT2D eigenvalue weighted by atomic mass is 10.0. The van der Waals surface area contributed by atoms with Gasteiger partial charge in [-0.25, -0.2) is 0 Å². The number of amides is 1. The molecule has 0 aliphatic carbocycles. The van der Waals surface area contributed by atoms with E-state index in [1.807, 2.05) is 25.3 Å². The molecule has 0 aromatic carbocycles. The van der Waals surface area contributed by atoms with Gasteiger partial charge in [0.15, 0.2) is 0 Å². The van der Waals surface area contributed by atoms with Gasteiger partial charge in [0.1, 0.15) is 0 Å². The Morgan fingerprint density at radius 3 is 2.69 bits per heavy atom. The molecule has 3 nitrogen and oxygen atoms in total. The van der Waals surface area contributed by atoms with Crippen LogP contribution in [0.3, 0.4) is 0 Å². The van der Waals surface area contributed by atoms with Crippen LogP contribution in [0.15, 0.2) is 15.9 Å². The van der Waals surface area contributed by atoms with Gasteiger partial charge in [-0.05, 0) is 34.3 Å². The Kier molecular flexibility index (Phi) is 7.22. The van der Waals surface area contributed by atoms with Crippen molar-refractivity contribution < 1.29 is 4.79 Å². The Morgan fingerprint density at radius 2 is 2.25 bits per heavy atom. The normalized spacial score (nSPS) is 13.8. The van der Waals surface area contributed by atoms with Crippen LogP contribution in [0.4, 0.5) is 0 Å². The first-order valence-corrected chi connectivity index (χ1v) is 6.44. The molecule has 0 radical (unpaired) electrons. The zero-order valence-corrected chi connectivity index (χ0v) is 12.4. The predicted molar refractivity (Wildman–Crippen MR) is 73.9 cm³/mol. The zero-order valence-electron chi connectivity index (χ0n) is 9.20. The molecule has 0 spiro atoms. The molecule has 2 unspecified atom stereocenters. The molecule has 2 atom stereocenters. The number of nitrogens with one attached hydrogen (secondary N) is 1. The summed E-state index contributed by atoms with van der Waals surface area (Å²) in [6.07, 6.45) is 0. The van der Waals surface area contributed by atoms with Gasteiger partial charge in [-0.3, -0.25) is 4.79 Å². The molecule has 0 fully saturated rings. The van der Waals surface area contributed by atoms with E-state index < -0.39 is 0 Å². The number of nitrogens with two attached hydrogens (primary N) is 1. The number of carbonyl (C=O) groups excluding carboxylic acids is 1. The average Bonchev–Trinajstić information content (AvgIpc) is 2.59. The molecule has 0 aliphatic rings. The fourth-order valence-electron chi connectivity index (χ4n) is 1.02. The van der Waals surface area contributed by atoms with Crippen LogP contribution in [0.25, 0.3) is 0 Å². The highest BCUT2D eigenvalue weighted by atomic mass is 79.9. The summed E-state index contributed by atoms with van der Waals surface area (Å²) in [7, 11) is 0. The van der Waals surface area contributed by atoms with Crippen molar-refractivity contribution in [1.29, 1.82) is 0 Å². The van der Waals surface area contributed by atoms with Crippen molar-refractivity contribution in [2.45, 2.75) is 26.4 Å². The summed E-state index contributed by atoms with van der Waals surface area (Å²) >= 11 is 5.04. The Balaban J connectivity index is 0.00000225. The molecule has 0 aliphatic heterocycles. The molecule has 0 bridgehead atoms. The number of hydrogen-bond donors (Lipinski definition) is 2. The van der Waals surface area contributed by atoms with Gasteiger partial charge in [0, 0.05) is 21.3 Å². The predicted octanol–water partition coefficient (Wildman–Crippen LogP) is 2.53. The molecule has 0 saturated carbocycles. The van der Waals surface area contributed by atoms with Crippen LogP contribution in [0, 0.1) is 5.92 Å². The number of rotatable bonds is 4. The second kappa shape index (κ2) is 7.27. The van der Waals surface area contributed by atoms with Crippen LogP contribution in [0.5, 0.6) is 0 Å². The summed E-state index contributed by atoms with van der Waals surface area (Å²) in [5.41, 5.74) is 5.65. The van der Waals surface area contributed by atoms with E-state index in [1.54, 1.807) is 11.3 Å². The van der Waals surface area contributed by atoms with E-state index in [9.17, 15) is 4.79 Å². The molecular formula is C10H16BrClN2OS. The highest BCUT2D eigenvalue weighted by Crippen LogP contribution is 2.22. The second-order valence-corrected chi connectivity index (χ2v) is 5.41. The van der Waals surface area contributed by atoms with Crippen molar-refractivity contribution in [3.05, 3.63) is 20.8 Å². The number of halogens is 2. The molecule has 92 valence electrons. The van der Waals surface area contributed by atoms with Crippen molar-refractivity contribution in [3.8, 4) is 0 Å². The fourth-order valence-corrected chi connectivity index (χ4v) is 2.45. The molecule has 0 saturated heterocycles. The largest absolute Gasteiger partial charge is 0.351 e. The first kappa shape index (κ1) is 15.9. The number of hydrogen-bond acceptors (Lipinski definition) is 3. The summed E-state index contributed by atoms with van der Waals surface area (Å²) in [5, 5.41) is 4.86. The van der Waals surface area contributed by atoms with Crippen molar-refractivity contribution in [1.82, 2.24) is 5.32 Å². The number of carbonyl (C=O) groups is 1. The van der Waals surface area contributed by atoms with Crippen LogP contribution in [-0.2, 0) is 11.3 Å². The summed E-state index contributed by atoms with van der Waals surface area (Å²) in [4.78, 5) is 12.7. The maximum Gasteiger partial charge on any atom is 0.224 e. The summed E-state index contributed by atoms with van der Waals surface area (Å²) < 4.78 is 1.04. The van der Waals surface area contributed by atoms with Crippen LogP contribution < -0.4 is 11.1 Å². The van der Waals surface area contributed by atoms with E-state index in [-0.39, 0.29) is 30.3 Å². The van der Waals surface area contributed by atoms with E-state index in [1.165, 1.54) is 0 Å². The first-order chi connectivity index (χ1) is 7.02. The van der Waals surface area contributed by atoms with E-state index in [2.05, 4.69) is 21.2 Å². The maximum atomic E-state index is 11.6. The minimum absolute atomic E-state index is 0. The van der Waals surface area contributed by atoms with Gasteiger partial charge < -0.3 is 11.1 Å². The monoisotopic (exact) mass is 326 g/mol. The Morgan fingerprint density at radius 1 is 1.62 bits per heavy atom. The maximum absolute atomic E-state index is 11.6. The van der Waals surface area contributed by atoms with Crippen molar-refractivity contribution in [2.24, 2.45) is 11.7 Å². The minimum atomic E-state index is -0.149. The Labute approximate surface area is 114 Å². The van der Waals surface area contributed by atoms with Gasteiger partial charge in [-0.15, -0.1) is 23.7 Å². The average molecular weight is 328 g/mol. The summed E-state index contributed by atoms with van der Waals surface area (Å²) in [6.45, 7) is 4.24. The van der Waals surface area contributed by atoms with Crippen molar-refractivity contribution >= 4 is 45.6 Å². The van der Waals surface area contributed by atoms with E-state index in [0.29, 0.717) is 6.54 Å². The topological polar surface area (TPSA) is 55.1 Å². The highest BCUT2D eigenvalue weighted by Gasteiger charge is 2.16. The van der Waals surface area contributed by atoms with E-state index in [4.69, 9.17) is 5.73 Å². The first-order valence-electron chi connectivity index (χ1n) is 4.77. The molecule has 6 heteroatoms. The molecule has 1 amide bonds. The summed E-state index contributed by atoms with van der Waals surface area (Å²) in [5.74, 6) is -0.144. The van der Waals surface area contributed by atoms with Crippen molar-refractivity contribution in [2.75, 3.05) is 0 Å². The third-order valence-electron chi connectivity index (χ3n) is 2.32. The lowest BCUT2D eigenvalue weighted by molar-refractivity contribution is -0.125. The van der Waals surface area contributed by atoms with E-state index in [0.717, 1.165) is 9.35 Å². The summed E-state index contributed by atoms with van der Waals surface area (Å²) in [6, 6.07) is 1.86. The number of thiophene rings is 1. The lowest BCUT2D eigenvalue weighted by Gasteiger charge is -2.14. The lowest BCUT2D eigenvalue weighted by Crippen LogP contribution is -2.38. The standard InChI is InChI=1S/C10H15BrN2OS.ClH/c1-6(7(2)12)10(14)13-5-9-8(11)3-4-15-9;/h3-4,6-7H,5,12H2,1-2H3,(H,13,14);1H. The molecule has 3 N–H and O–H groups in total. The molecule has 1 aromatic rings.